The minimum absolute atomic E-state index is 0. The second-order valence-corrected chi connectivity index (χ2v) is 0.500. The summed E-state index contributed by atoms with van der Waals surface area (Å²) >= 11 is 0. The van der Waals surface area contributed by atoms with Crippen molar-refractivity contribution in [1.82, 2.24) is 0 Å². The predicted octanol–water partition coefficient (Wildman–Crippen LogP) is 0.885. The van der Waals surface area contributed by atoms with Crippen LogP contribution in [0.4, 0.5) is 0 Å². The fourth-order valence-corrected chi connectivity index (χ4v) is 0. The Kier molecular flexibility index (Phi) is 1420000. The van der Waals surface area contributed by atoms with Crippen molar-refractivity contribution < 1.29 is 92.2 Å². The summed E-state index contributed by atoms with van der Waals surface area (Å²) in [5, 5.41) is 0. The van der Waals surface area contributed by atoms with Gasteiger partial charge in [0.05, 0.1) is 0 Å². The second-order valence-electron chi connectivity index (χ2n) is 0.500. The largest absolute Gasteiger partial charge is 0.344 e. The van der Waals surface area contributed by atoms with Gasteiger partial charge in [0.1, 0.15) is 0 Å². The van der Waals surface area contributed by atoms with Crippen LogP contribution in [0.25, 0.3) is 0 Å². The first-order chi connectivity index (χ1) is 10.4. The molecule has 0 aliphatic heterocycles. The van der Waals surface area contributed by atoms with Crippen LogP contribution < -0.4 is 0 Å². The fraction of sp³-hybridized carbons (Fsp3) is 0.167. The van der Waals surface area contributed by atoms with E-state index in [4.69, 9.17) is 41.9 Å². The molecule has 0 aromatic carbocycles. The minimum Gasteiger partial charge on any atom is -0.344 e. The van der Waals surface area contributed by atoms with E-state index in [0.717, 1.165) is 6.42 Å². The van der Waals surface area contributed by atoms with Gasteiger partial charge in [0.25, 0.3) is 0 Å². The summed E-state index contributed by atoms with van der Waals surface area (Å²) < 4.78 is 67.5. The summed E-state index contributed by atoms with van der Waals surface area (Å²) in [6.07, 6.45) is 1.00. The molecule has 0 aliphatic carbocycles. The predicted molar refractivity (Wildman–Crippen MR) is 51.0 cm³/mol. The Bertz CT molecular complexity index is 175. The van der Waals surface area contributed by atoms with Gasteiger partial charge in [0.2, 0.25) is 0 Å². The van der Waals surface area contributed by atoms with Crippen molar-refractivity contribution in [2.45, 2.75) is 13.3 Å². The third kappa shape index (κ3) is 12800. The maximum atomic E-state index is 7.50. The maximum absolute atomic E-state index is 7.50. The quantitative estimate of drug-likeness (QED) is 0.359. The van der Waals surface area contributed by atoms with Crippen LogP contribution in [-0.2, 0) is 92.2 Å². The number of hydrogen-bond acceptors (Lipinski definition) is 0. The molecule has 24 heavy (non-hydrogen) atoms. The minimum atomic E-state index is 0. The summed E-state index contributed by atoms with van der Waals surface area (Å²) in [5.74, 6) is 0. The van der Waals surface area contributed by atoms with Crippen LogP contribution in [0, 0.1) is 66.8 Å². The molecular formula is C12H7Co3O9-. The summed E-state index contributed by atoms with van der Waals surface area (Å²) in [6, 6.07) is 0. The normalized spacial score (nSPS) is 1.50. The standard InChI is InChI=1S/C3H7.9CO.3Co/c1-3-2;9*1-2;;;/h1,3H2,2H3;;;;;;;;;;;;/q-1;;;;;;;;;;;;. The zero-order valence-corrected chi connectivity index (χ0v) is 14.7. The van der Waals surface area contributed by atoms with E-state index in [1.165, 1.54) is 0 Å². The molecule has 0 bridgehead atoms. The van der Waals surface area contributed by atoms with E-state index in [1.54, 1.807) is 0 Å². The van der Waals surface area contributed by atoms with E-state index in [2.05, 4.69) is 66.8 Å². The number of rotatable bonds is 0. The van der Waals surface area contributed by atoms with Gasteiger partial charge in [-0.25, -0.2) is 0 Å². The first kappa shape index (κ1) is 110. The van der Waals surface area contributed by atoms with E-state index in [9.17, 15) is 0 Å². The Balaban J connectivity index is -0.00000000504. The van der Waals surface area contributed by atoms with Gasteiger partial charge >= 0.3 is 102 Å². The average Bonchev–Trinajstić information content (AvgIpc) is 2.70. The summed E-state index contributed by atoms with van der Waals surface area (Å²) in [4.78, 5) is 0. The molecule has 0 aromatic rings. The zero-order chi connectivity index (χ0) is 20.7. The molecule has 9 nitrogen and oxygen atoms in total. The van der Waals surface area contributed by atoms with E-state index in [0.29, 0.717) is 0 Å². The molecule has 0 amide bonds. The zero-order valence-electron chi connectivity index (χ0n) is 11.6. The monoisotopic (exact) mass is 472 g/mol. The third-order valence-electron chi connectivity index (χ3n) is 0. The van der Waals surface area contributed by atoms with Crippen molar-refractivity contribution in [2.24, 2.45) is 0 Å². The first-order valence-corrected chi connectivity index (χ1v) is 3.04. The van der Waals surface area contributed by atoms with Crippen molar-refractivity contribution in [3.05, 3.63) is 66.8 Å². The van der Waals surface area contributed by atoms with Crippen molar-refractivity contribution in [3.8, 4) is 0 Å². The van der Waals surface area contributed by atoms with E-state index in [1.807, 2.05) is 6.92 Å². The molecule has 0 saturated carbocycles. The second kappa shape index (κ2) is 309000. The van der Waals surface area contributed by atoms with E-state index < -0.39 is 0 Å². The Morgan fingerprint density at radius 3 is 0.417 bits per heavy atom. The topological polar surface area (TPSA) is 179 Å². The van der Waals surface area contributed by atoms with Gasteiger partial charge in [0, 0.05) is 50.3 Å². The van der Waals surface area contributed by atoms with Crippen molar-refractivity contribution >= 4 is 0 Å². The van der Waals surface area contributed by atoms with Crippen molar-refractivity contribution in [1.29, 1.82) is 0 Å². The molecule has 0 rings (SSSR count). The Morgan fingerprint density at radius 1 is 0.417 bits per heavy atom. The third-order valence-corrected chi connectivity index (χ3v) is 0. The van der Waals surface area contributed by atoms with Gasteiger partial charge in [-0.15, -0.1) is 0 Å². The average molecular weight is 472 g/mol. The molecule has 12 heteroatoms. The van der Waals surface area contributed by atoms with E-state index >= 15 is 0 Å². The molecule has 137 valence electrons. The molecular weight excluding hydrogens is 465 g/mol. The van der Waals surface area contributed by atoms with Crippen LogP contribution in [0.2, 0.25) is 0 Å². The van der Waals surface area contributed by atoms with Crippen LogP contribution in [0.5, 0.6) is 0 Å². The SMILES string of the molecule is [C-]#[O+].[C-]#[O+].[C-]#[O+].[C-]#[O+].[C-]#[O+].[C-]#[O+].[C-]#[O+].[C-]#[O+].[C-]#[O+].[CH2-]CC.[Co].[Co].[Co]. The van der Waals surface area contributed by atoms with Gasteiger partial charge in [-0.3, -0.25) is 0 Å². The van der Waals surface area contributed by atoms with Crippen molar-refractivity contribution in [2.75, 3.05) is 0 Å². The van der Waals surface area contributed by atoms with Crippen LogP contribution in [0.15, 0.2) is 0 Å². The maximum Gasteiger partial charge on any atom is 0 e. The van der Waals surface area contributed by atoms with Gasteiger partial charge < -0.3 is 6.92 Å². The molecule has 3 radical (unpaired) electrons. The summed E-state index contributed by atoms with van der Waals surface area (Å²) in [6.45, 7) is 46.0. The summed E-state index contributed by atoms with van der Waals surface area (Å²) in [7, 11) is 0. The Labute approximate surface area is 172 Å². The number of hydrogen-bond donors (Lipinski definition) is 0. The van der Waals surface area contributed by atoms with Crippen LogP contribution in [0.1, 0.15) is 13.3 Å². The van der Waals surface area contributed by atoms with Crippen LogP contribution >= 0.6 is 0 Å². The van der Waals surface area contributed by atoms with E-state index in [-0.39, 0.29) is 50.3 Å². The van der Waals surface area contributed by atoms with Crippen LogP contribution in [0.3, 0.4) is 0 Å². The molecule has 0 saturated heterocycles. The summed E-state index contributed by atoms with van der Waals surface area (Å²) in [5.41, 5.74) is 0. The van der Waals surface area contributed by atoms with Gasteiger partial charge in [-0.05, 0) is 0 Å². The molecule has 0 N–H and O–H groups in total. The van der Waals surface area contributed by atoms with Gasteiger partial charge in [0.15, 0.2) is 0 Å². The molecule has 0 unspecified atom stereocenters. The van der Waals surface area contributed by atoms with Gasteiger partial charge in [-0.1, -0.05) is 6.92 Å². The first-order valence-electron chi connectivity index (χ1n) is 3.04. The Morgan fingerprint density at radius 2 is 0.417 bits per heavy atom. The molecule has 0 spiro atoms. The van der Waals surface area contributed by atoms with Gasteiger partial charge in [-0.2, -0.15) is 6.42 Å². The van der Waals surface area contributed by atoms with Crippen LogP contribution in [-0.4, -0.2) is 0 Å². The van der Waals surface area contributed by atoms with Crippen molar-refractivity contribution in [3.63, 3.8) is 0 Å². The molecule has 0 fully saturated rings. The fourth-order valence-electron chi connectivity index (χ4n) is 0. The molecule has 0 aliphatic rings. The Hall–Kier alpha value is -0.821. The molecule has 0 heterocycles. The molecule has 0 atom stereocenters. The molecule has 0 aromatic heterocycles. The smallest absolute Gasteiger partial charge is 0 e.